The summed E-state index contributed by atoms with van der Waals surface area (Å²) in [6, 6.07) is -5.17. The maximum Gasteiger partial charge on any atom is 0.326 e. The van der Waals surface area contributed by atoms with Crippen LogP contribution >= 0.6 is 0 Å². The van der Waals surface area contributed by atoms with Crippen molar-refractivity contribution in [2.24, 2.45) is 22.9 Å². The van der Waals surface area contributed by atoms with Crippen LogP contribution in [0.25, 0.3) is 0 Å². The van der Waals surface area contributed by atoms with Crippen LogP contribution in [0.3, 0.4) is 0 Å². The van der Waals surface area contributed by atoms with Crippen LogP contribution in [0.5, 0.6) is 0 Å². The van der Waals surface area contributed by atoms with Crippen LogP contribution in [-0.4, -0.2) is 83.0 Å². The summed E-state index contributed by atoms with van der Waals surface area (Å²) in [6.45, 7) is 0.799. The second-order valence-electron chi connectivity index (χ2n) is 8.30. The zero-order valence-corrected chi connectivity index (χ0v) is 20.2. The maximum atomic E-state index is 13.0. The van der Waals surface area contributed by atoms with Crippen molar-refractivity contribution >= 4 is 35.6 Å². The number of carbonyl (C=O) groups is 6. The Hall–Kier alpha value is -3.30. The zero-order chi connectivity index (χ0) is 27.7. The van der Waals surface area contributed by atoms with Crippen LogP contribution < -0.4 is 38.9 Å². The standard InChI is InChI=1S/C21H39N7O8/c22-9-3-1-5-12(24)18(32)26-13(6-2-4-10-23)19(33)27-14(7-8-16(25)29)20(34)28-15(21(35)36)11-17(30)31/h12-15H,1-11,22-24H2,(H2,25,29)(H,26,32)(H,27,33)(H,28,34)(H,30,31)(H,35,36). The number of nitrogens with one attached hydrogen (secondary N) is 3. The van der Waals surface area contributed by atoms with Gasteiger partial charge in [0.05, 0.1) is 12.5 Å². The molecule has 0 rings (SSSR count). The van der Waals surface area contributed by atoms with Gasteiger partial charge in [0.1, 0.15) is 18.1 Å². The number of carbonyl (C=O) groups excluding carboxylic acids is 4. The summed E-state index contributed by atoms with van der Waals surface area (Å²) >= 11 is 0. The maximum absolute atomic E-state index is 13.0. The molecule has 206 valence electrons. The van der Waals surface area contributed by atoms with Gasteiger partial charge in [0, 0.05) is 6.42 Å². The Kier molecular flexibility index (Phi) is 16.4. The van der Waals surface area contributed by atoms with Gasteiger partial charge in [0.25, 0.3) is 0 Å². The molecule has 0 aliphatic heterocycles. The van der Waals surface area contributed by atoms with Crippen molar-refractivity contribution < 1.29 is 39.0 Å². The number of amides is 4. The van der Waals surface area contributed by atoms with Gasteiger partial charge in [-0.15, -0.1) is 0 Å². The number of carboxylic acid groups (broad SMARTS) is 2. The molecule has 0 aromatic rings. The lowest BCUT2D eigenvalue weighted by molar-refractivity contribution is -0.147. The monoisotopic (exact) mass is 517 g/mol. The lowest BCUT2D eigenvalue weighted by Gasteiger charge is -2.25. The number of unbranched alkanes of at least 4 members (excludes halogenated alkanes) is 2. The van der Waals surface area contributed by atoms with Gasteiger partial charge in [-0.05, 0) is 51.6 Å². The molecule has 0 bridgehead atoms. The Morgan fingerprint density at radius 3 is 1.61 bits per heavy atom. The quantitative estimate of drug-likeness (QED) is 0.0726. The second-order valence-corrected chi connectivity index (χ2v) is 8.30. The molecular formula is C21H39N7O8. The molecule has 0 fully saturated rings. The van der Waals surface area contributed by atoms with Gasteiger partial charge in [0.2, 0.25) is 23.6 Å². The molecule has 0 heterocycles. The van der Waals surface area contributed by atoms with Crippen LogP contribution in [0, 0.1) is 0 Å². The van der Waals surface area contributed by atoms with Gasteiger partial charge in [-0.3, -0.25) is 24.0 Å². The highest BCUT2D eigenvalue weighted by atomic mass is 16.4. The highest BCUT2D eigenvalue weighted by molar-refractivity contribution is 5.94. The fourth-order valence-corrected chi connectivity index (χ4v) is 3.15. The van der Waals surface area contributed by atoms with Crippen molar-refractivity contribution in [2.45, 2.75) is 82.0 Å². The minimum absolute atomic E-state index is 0.172. The number of nitrogens with two attached hydrogens (primary N) is 4. The molecule has 0 saturated heterocycles. The molecule has 0 aliphatic carbocycles. The summed E-state index contributed by atoms with van der Waals surface area (Å²) in [5, 5.41) is 25.0. The van der Waals surface area contributed by atoms with Crippen molar-refractivity contribution in [3.8, 4) is 0 Å². The minimum atomic E-state index is -1.77. The molecule has 4 unspecified atom stereocenters. The van der Waals surface area contributed by atoms with E-state index in [1.54, 1.807) is 0 Å². The topological polar surface area (TPSA) is 283 Å². The molecule has 15 nitrogen and oxygen atoms in total. The Balaban J connectivity index is 5.53. The molecule has 0 aliphatic rings. The number of carboxylic acids is 2. The fourth-order valence-electron chi connectivity index (χ4n) is 3.15. The van der Waals surface area contributed by atoms with Gasteiger partial charge in [-0.2, -0.15) is 0 Å². The first-order chi connectivity index (χ1) is 16.9. The number of rotatable bonds is 20. The summed E-state index contributed by atoms with van der Waals surface area (Å²) in [5.74, 6) is -6.22. The van der Waals surface area contributed by atoms with E-state index in [0.717, 1.165) is 0 Å². The van der Waals surface area contributed by atoms with E-state index in [1.165, 1.54) is 0 Å². The first-order valence-electron chi connectivity index (χ1n) is 11.7. The first-order valence-corrected chi connectivity index (χ1v) is 11.7. The van der Waals surface area contributed by atoms with Crippen LogP contribution in [0.2, 0.25) is 0 Å². The fraction of sp³-hybridized carbons (Fsp3) is 0.714. The van der Waals surface area contributed by atoms with E-state index in [9.17, 15) is 33.9 Å². The van der Waals surface area contributed by atoms with Crippen molar-refractivity contribution in [2.75, 3.05) is 13.1 Å². The summed E-state index contributed by atoms with van der Waals surface area (Å²) in [4.78, 5) is 71.6. The van der Waals surface area contributed by atoms with Gasteiger partial charge < -0.3 is 49.1 Å². The average Bonchev–Trinajstić information content (AvgIpc) is 2.79. The molecule has 0 radical (unpaired) electrons. The van der Waals surface area contributed by atoms with Gasteiger partial charge in [-0.25, -0.2) is 4.79 Å². The lowest BCUT2D eigenvalue weighted by Crippen LogP contribution is -2.57. The molecule has 15 heteroatoms. The third-order valence-electron chi connectivity index (χ3n) is 5.19. The molecule has 0 saturated carbocycles. The van der Waals surface area contributed by atoms with E-state index in [-0.39, 0.29) is 19.3 Å². The Morgan fingerprint density at radius 2 is 1.14 bits per heavy atom. The Bertz CT molecular complexity index is 765. The predicted molar refractivity (Wildman–Crippen MR) is 128 cm³/mol. The van der Waals surface area contributed by atoms with Crippen molar-refractivity contribution in [1.82, 2.24) is 16.0 Å². The number of hydrogen-bond donors (Lipinski definition) is 9. The third-order valence-corrected chi connectivity index (χ3v) is 5.19. The second kappa shape index (κ2) is 18.0. The Morgan fingerprint density at radius 1 is 0.667 bits per heavy atom. The average molecular weight is 518 g/mol. The highest BCUT2D eigenvalue weighted by Crippen LogP contribution is 2.07. The number of primary amides is 1. The molecular weight excluding hydrogens is 478 g/mol. The SMILES string of the molecule is NCCCCC(N)C(=O)NC(CCCCN)C(=O)NC(CCC(N)=O)C(=O)NC(CC(=O)O)C(=O)O. The molecule has 0 aromatic heterocycles. The molecule has 13 N–H and O–H groups in total. The summed E-state index contributed by atoms with van der Waals surface area (Å²) in [7, 11) is 0. The van der Waals surface area contributed by atoms with Crippen molar-refractivity contribution in [3.63, 3.8) is 0 Å². The minimum Gasteiger partial charge on any atom is -0.481 e. The summed E-state index contributed by atoms with van der Waals surface area (Å²) in [5.41, 5.74) is 22.0. The van der Waals surface area contributed by atoms with E-state index in [0.29, 0.717) is 45.2 Å². The number of hydrogen-bond acceptors (Lipinski definition) is 9. The predicted octanol–water partition coefficient (Wildman–Crippen LogP) is -3.15. The van der Waals surface area contributed by atoms with Crippen LogP contribution in [0.15, 0.2) is 0 Å². The highest BCUT2D eigenvalue weighted by Gasteiger charge is 2.31. The number of aliphatic carboxylic acids is 2. The first kappa shape index (κ1) is 32.7. The molecule has 0 aromatic carbocycles. The van der Waals surface area contributed by atoms with Crippen molar-refractivity contribution in [3.05, 3.63) is 0 Å². The lowest BCUT2D eigenvalue weighted by atomic mass is 10.0. The van der Waals surface area contributed by atoms with E-state index in [2.05, 4.69) is 10.6 Å². The third kappa shape index (κ3) is 14.2. The Labute approximate surface area is 209 Å². The largest absolute Gasteiger partial charge is 0.481 e. The van der Waals surface area contributed by atoms with E-state index < -0.39 is 66.2 Å². The molecule has 0 spiro atoms. The summed E-state index contributed by atoms with van der Waals surface area (Å²) < 4.78 is 0. The van der Waals surface area contributed by atoms with Gasteiger partial charge in [0.15, 0.2) is 0 Å². The van der Waals surface area contributed by atoms with Crippen LogP contribution in [0.4, 0.5) is 0 Å². The van der Waals surface area contributed by atoms with Gasteiger partial charge >= 0.3 is 11.9 Å². The van der Waals surface area contributed by atoms with Crippen molar-refractivity contribution in [1.29, 1.82) is 0 Å². The zero-order valence-electron chi connectivity index (χ0n) is 20.2. The van der Waals surface area contributed by atoms with E-state index in [4.69, 9.17) is 28.0 Å². The smallest absolute Gasteiger partial charge is 0.326 e. The normalized spacial score (nSPS) is 14.1. The van der Waals surface area contributed by atoms with E-state index >= 15 is 0 Å². The summed E-state index contributed by atoms with van der Waals surface area (Å²) in [6.07, 6.45) is 1.33. The van der Waals surface area contributed by atoms with Gasteiger partial charge in [-0.1, -0.05) is 6.42 Å². The molecule has 4 amide bonds. The van der Waals surface area contributed by atoms with E-state index in [1.807, 2.05) is 5.32 Å². The molecule has 4 atom stereocenters. The van der Waals surface area contributed by atoms with Crippen LogP contribution in [0.1, 0.15) is 57.8 Å². The van der Waals surface area contributed by atoms with Crippen LogP contribution in [-0.2, 0) is 28.8 Å². The molecule has 36 heavy (non-hydrogen) atoms.